The standard InChI is InChI=1S/C12H10FN2O3.C2H6.W/c13-8-3-1-2-7(6-8)11(17)14-9-4-5-10(16)15-12(9)18;1-2;/h1-3,9H,4-5H2,(H2,14,15,16,17,18);1-2H3;/q-1;;+2/p-1/t9-;;/m1../s1. The average Bonchev–Trinajstić information content (AvgIpc) is 2.44. The number of nitrogens with zero attached hydrogens (tertiary/aromatic N) is 1. The van der Waals surface area contributed by atoms with Gasteiger partial charge in [-0.25, -0.2) is 4.39 Å². The Hall–Kier alpha value is -1.55. The van der Waals surface area contributed by atoms with E-state index >= 15 is 0 Å². The minimum absolute atomic E-state index is 0. The maximum atomic E-state index is 12.9. The smallest absolute Gasteiger partial charge is 0.684 e. The van der Waals surface area contributed by atoms with Gasteiger partial charge in [-0.15, -0.1) is 29.8 Å². The molecule has 0 spiro atoms. The van der Waals surface area contributed by atoms with E-state index in [1.807, 2.05) is 13.8 Å². The Bertz CT molecular complexity index is 523. The fourth-order valence-corrected chi connectivity index (χ4v) is 1.58. The van der Waals surface area contributed by atoms with Crippen molar-refractivity contribution in [2.45, 2.75) is 32.7 Å². The van der Waals surface area contributed by atoms with Crippen LogP contribution in [0.25, 0.3) is 5.32 Å². The number of halogens is 1. The SMILES string of the molecule is CC.O=C1CC[C@@H]([N-]C(=O)c2[c-]c(F)ccc2)C(=O)N1.[W+2]. The number of hydrogen-bond acceptors (Lipinski definition) is 3. The Balaban J connectivity index is 0.00000128. The molecule has 1 heterocycles. The molecular weight excluding hydrogens is 447 g/mol. The number of amides is 3. The van der Waals surface area contributed by atoms with Crippen LogP contribution in [0.1, 0.15) is 37.0 Å². The summed E-state index contributed by atoms with van der Waals surface area (Å²) in [4.78, 5) is 33.9. The van der Waals surface area contributed by atoms with Gasteiger partial charge in [0.1, 0.15) is 0 Å². The van der Waals surface area contributed by atoms with Gasteiger partial charge >= 0.3 is 21.1 Å². The van der Waals surface area contributed by atoms with E-state index in [0.29, 0.717) is 0 Å². The molecule has 1 N–H and O–H groups in total. The van der Waals surface area contributed by atoms with E-state index in [1.165, 1.54) is 12.1 Å². The second kappa shape index (κ2) is 9.40. The number of hydrogen-bond donors (Lipinski definition) is 1. The van der Waals surface area contributed by atoms with Crippen molar-refractivity contribution in [2.75, 3.05) is 0 Å². The van der Waals surface area contributed by atoms with Crippen LogP contribution in [-0.2, 0) is 30.7 Å². The second-order valence-electron chi connectivity index (χ2n) is 3.81. The maximum absolute atomic E-state index is 12.9. The van der Waals surface area contributed by atoms with Crippen molar-refractivity contribution in [3.05, 3.63) is 41.0 Å². The third kappa shape index (κ3) is 5.76. The van der Waals surface area contributed by atoms with Gasteiger partial charge in [0, 0.05) is 12.2 Å². The zero-order valence-corrected chi connectivity index (χ0v) is 14.6. The Morgan fingerprint density at radius 2 is 2.05 bits per heavy atom. The van der Waals surface area contributed by atoms with Gasteiger partial charge in [0.25, 0.3) is 0 Å². The Morgan fingerprint density at radius 3 is 2.62 bits per heavy atom. The monoisotopic (exact) mass is 462 g/mol. The topological polar surface area (TPSA) is 77.3 Å². The third-order valence-electron chi connectivity index (χ3n) is 2.47. The molecule has 0 aliphatic carbocycles. The number of imide groups is 1. The van der Waals surface area contributed by atoms with Crippen LogP contribution in [0, 0.1) is 11.9 Å². The van der Waals surface area contributed by atoms with Crippen LogP contribution in [0.5, 0.6) is 0 Å². The summed E-state index contributed by atoms with van der Waals surface area (Å²) in [5.74, 6) is -2.37. The summed E-state index contributed by atoms with van der Waals surface area (Å²) in [6.07, 6.45) is 0.325. The summed E-state index contributed by atoms with van der Waals surface area (Å²) in [6, 6.07) is 5.19. The van der Waals surface area contributed by atoms with Crippen LogP contribution in [0.4, 0.5) is 4.39 Å². The molecule has 112 valence electrons. The van der Waals surface area contributed by atoms with Crippen LogP contribution < -0.4 is 5.32 Å². The van der Waals surface area contributed by atoms with Crippen molar-refractivity contribution in [3.63, 3.8) is 0 Å². The molecule has 1 fully saturated rings. The van der Waals surface area contributed by atoms with Crippen LogP contribution in [-0.4, -0.2) is 23.8 Å². The van der Waals surface area contributed by atoms with Gasteiger partial charge in [-0.2, -0.15) is 0 Å². The number of piperidine rings is 1. The fourth-order valence-electron chi connectivity index (χ4n) is 1.58. The summed E-state index contributed by atoms with van der Waals surface area (Å²) in [5.41, 5.74) is -0.0419. The second-order valence-corrected chi connectivity index (χ2v) is 3.81. The molecule has 2 rings (SSSR count). The summed E-state index contributed by atoms with van der Waals surface area (Å²) >= 11 is 0. The molecule has 1 aliphatic heterocycles. The van der Waals surface area contributed by atoms with Gasteiger partial charge in [0.2, 0.25) is 11.8 Å². The molecule has 7 heteroatoms. The molecule has 0 unspecified atom stereocenters. The van der Waals surface area contributed by atoms with Gasteiger partial charge in [-0.1, -0.05) is 13.8 Å². The minimum Gasteiger partial charge on any atom is -0.684 e. The Kier molecular flexibility index (Phi) is 8.70. The average molecular weight is 462 g/mol. The van der Waals surface area contributed by atoms with Gasteiger partial charge in [-0.3, -0.25) is 14.9 Å². The number of carbonyl (C=O) groups is 3. The fraction of sp³-hybridized carbons (Fsp3) is 0.357. The van der Waals surface area contributed by atoms with Crippen LogP contribution >= 0.6 is 0 Å². The molecule has 1 aromatic rings. The molecule has 0 radical (unpaired) electrons. The molecule has 21 heavy (non-hydrogen) atoms. The predicted octanol–water partition coefficient (Wildman–Crippen LogP) is 1.97. The molecule has 0 aromatic heterocycles. The van der Waals surface area contributed by atoms with Crippen molar-refractivity contribution in [1.82, 2.24) is 5.32 Å². The van der Waals surface area contributed by atoms with Crippen molar-refractivity contribution in [1.29, 1.82) is 0 Å². The quantitative estimate of drug-likeness (QED) is 0.540. The minimum atomic E-state index is -0.896. The molecule has 5 nitrogen and oxygen atoms in total. The number of rotatable bonds is 2. The van der Waals surface area contributed by atoms with Crippen LogP contribution in [0.15, 0.2) is 18.2 Å². The Morgan fingerprint density at radius 1 is 1.38 bits per heavy atom. The molecule has 0 bridgehead atoms. The first-order valence-electron chi connectivity index (χ1n) is 6.33. The van der Waals surface area contributed by atoms with E-state index in [2.05, 4.69) is 16.7 Å². The van der Waals surface area contributed by atoms with E-state index in [1.54, 1.807) is 0 Å². The first-order valence-corrected chi connectivity index (χ1v) is 6.33. The first kappa shape index (κ1) is 19.4. The zero-order chi connectivity index (χ0) is 15.1. The molecule has 1 atom stereocenters. The molecule has 0 saturated carbocycles. The van der Waals surface area contributed by atoms with Gasteiger partial charge in [0.15, 0.2) is 0 Å². The van der Waals surface area contributed by atoms with Crippen molar-refractivity contribution < 1.29 is 39.8 Å². The Labute approximate surface area is 136 Å². The molecule has 3 amide bonds. The first-order chi connectivity index (χ1) is 9.56. The molecule has 1 aliphatic rings. The van der Waals surface area contributed by atoms with Crippen LogP contribution in [0.2, 0.25) is 0 Å². The summed E-state index contributed by atoms with van der Waals surface area (Å²) in [7, 11) is 0. The van der Waals surface area contributed by atoms with Gasteiger partial charge in [-0.05, 0) is 18.4 Å². The van der Waals surface area contributed by atoms with E-state index in [4.69, 9.17) is 0 Å². The van der Waals surface area contributed by atoms with E-state index in [-0.39, 0.29) is 45.4 Å². The third-order valence-corrected chi connectivity index (χ3v) is 2.47. The van der Waals surface area contributed by atoms with E-state index < -0.39 is 23.7 Å². The molecular formula is C14H15FN2O3W. The molecule has 1 aromatic carbocycles. The van der Waals surface area contributed by atoms with Gasteiger partial charge < -0.3 is 10.1 Å². The molecule has 1 saturated heterocycles. The van der Waals surface area contributed by atoms with E-state index in [9.17, 15) is 18.8 Å². The number of benzene rings is 1. The summed E-state index contributed by atoms with van der Waals surface area (Å²) in [6.45, 7) is 4.00. The number of carbonyl (C=O) groups excluding carboxylic acids is 3. The van der Waals surface area contributed by atoms with Gasteiger partial charge in [0.05, 0.1) is 0 Å². The maximum Gasteiger partial charge on any atom is 2.00 e. The van der Waals surface area contributed by atoms with E-state index in [0.717, 1.165) is 6.07 Å². The predicted molar refractivity (Wildman–Crippen MR) is 70.4 cm³/mol. The summed E-state index contributed by atoms with van der Waals surface area (Å²) < 4.78 is 12.9. The number of nitrogens with one attached hydrogen (secondary N) is 1. The van der Waals surface area contributed by atoms with Crippen molar-refractivity contribution in [2.24, 2.45) is 0 Å². The zero-order valence-electron chi connectivity index (χ0n) is 11.7. The summed E-state index contributed by atoms with van der Waals surface area (Å²) in [5, 5.41) is 5.75. The normalized spacial score (nSPS) is 16.8. The largest absolute Gasteiger partial charge is 2.00 e. The van der Waals surface area contributed by atoms with Crippen molar-refractivity contribution >= 4 is 17.7 Å². The van der Waals surface area contributed by atoms with Crippen LogP contribution in [0.3, 0.4) is 0 Å². The van der Waals surface area contributed by atoms with Crippen molar-refractivity contribution in [3.8, 4) is 0 Å².